The number of halogens is 1. The van der Waals surface area contributed by atoms with Crippen LogP contribution in [0.1, 0.15) is 16.1 Å². The van der Waals surface area contributed by atoms with E-state index in [-0.39, 0.29) is 18.0 Å². The number of carbonyl (C=O) groups excluding carboxylic acids is 3. The lowest BCUT2D eigenvalue weighted by atomic mass is 9.94. The lowest BCUT2D eigenvalue weighted by Crippen LogP contribution is -2.61. The van der Waals surface area contributed by atoms with E-state index in [2.05, 4.69) is 4.99 Å². The Labute approximate surface area is 195 Å². The van der Waals surface area contributed by atoms with Crippen molar-refractivity contribution in [2.24, 2.45) is 10.9 Å². The summed E-state index contributed by atoms with van der Waals surface area (Å²) in [5.41, 5.74) is 0.967. The van der Waals surface area contributed by atoms with E-state index in [1.807, 2.05) is 4.58 Å². The first-order valence-electron chi connectivity index (χ1n) is 11.0. The van der Waals surface area contributed by atoms with Gasteiger partial charge in [-0.15, -0.1) is 0 Å². The number of aliphatic imine (C=N–C) groups is 1. The molecule has 34 heavy (non-hydrogen) atoms. The van der Waals surface area contributed by atoms with Crippen LogP contribution >= 0.6 is 0 Å². The molecule has 0 N–H and O–H groups in total. The van der Waals surface area contributed by atoms with Crippen LogP contribution in [-0.2, 0) is 11.3 Å². The number of urea groups is 1. The minimum Gasteiger partial charge on any atom is -0.459 e. The second kappa shape index (κ2) is 8.69. The number of fused-ring (bicyclic) bond motifs is 1. The zero-order valence-corrected chi connectivity index (χ0v) is 18.6. The molecule has 0 bridgehead atoms. The maximum Gasteiger partial charge on any atom is 0.332 e. The van der Waals surface area contributed by atoms with Crippen molar-refractivity contribution in [2.75, 3.05) is 33.2 Å². The molecule has 5 rings (SSSR count). The van der Waals surface area contributed by atoms with Crippen LogP contribution in [-0.4, -0.2) is 81.9 Å². The van der Waals surface area contributed by atoms with Crippen LogP contribution in [0.2, 0.25) is 0 Å². The molecule has 1 atom stereocenters. The highest BCUT2D eigenvalue weighted by Crippen LogP contribution is 2.25. The molecule has 0 radical (unpaired) electrons. The van der Waals surface area contributed by atoms with Gasteiger partial charge in [-0.2, -0.15) is 0 Å². The molecule has 1 aromatic heterocycles. The average molecular weight is 464 g/mol. The van der Waals surface area contributed by atoms with Crippen LogP contribution < -0.4 is 0 Å². The van der Waals surface area contributed by atoms with Crippen molar-refractivity contribution in [3.8, 4) is 0 Å². The van der Waals surface area contributed by atoms with Crippen molar-refractivity contribution in [2.45, 2.75) is 6.54 Å². The van der Waals surface area contributed by atoms with E-state index >= 15 is 0 Å². The normalized spacial score (nSPS) is 20.6. The summed E-state index contributed by atoms with van der Waals surface area (Å²) in [6.45, 7) is 1.76. The third kappa shape index (κ3) is 3.70. The highest BCUT2D eigenvalue weighted by molar-refractivity contribution is 6.30. The Morgan fingerprint density at radius 3 is 2.65 bits per heavy atom. The number of carbonyl (C=O) groups is 3. The number of benzene rings is 1. The van der Waals surface area contributed by atoms with Crippen LogP contribution in [0.4, 0.5) is 9.18 Å². The Bertz CT molecular complexity index is 1240. The summed E-state index contributed by atoms with van der Waals surface area (Å²) in [5, 5.41) is 0. The van der Waals surface area contributed by atoms with Crippen molar-refractivity contribution in [3.05, 3.63) is 72.1 Å². The van der Waals surface area contributed by atoms with Gasteiger partial charge in [-0.1, -0.05) is 18.2 Å². The fourth-order valence-corrected chi connectivity index (χ4v) is 4.49. The third-order valence-electron chi connectivity index (χ3n) is 6.33. The molecule has 1 unspecified atom stereocenters. The molecular weight excluding hydrogens is 441 g/mol. The van der Waals surface area contributed by atoms with Gasteiger partial charge in [-0.25, -0.2) is 18.8 Å². The number of piperazine rings is 1. The van der Waals surface area contributed by atoms with Crippen LogP contribution in [0.15, 0.2) is 64.3 Å². The SMILES string of the molecule is CN1C(=O)N(Cc2ccccc2F)C(=O)C2C1=NC=CC2=[N+]1CCN(C(=O)c2ccco2)CC1. The summed E-state index contributed by atoms with van der Waals surface area (Å²) >= 11 is 0. The van der Waals surface area contributed by atoms with Gasteiger partial charge in [0, 0.05) is 24.9 Å². The van der Waals surface area contributed by atoms with Crippen LogP contribution in [0, 0.1) is 11.7 Å². The van der Waals surface area contributed by atoms with E-state index in [0.717, 1.165) is 4.90 Å². The number of rotatable bonds is 3. The van der Waals surface area contributed by atoms with Crippen LogP contribution in [0.25, 0.3) is 0 Å². The molecule has 4 heterocycles. The zero-order chi connectivity index (χ0) is 23.8. The number of hydrogen-bond donors (Lipinski definition) is 0. The number of allylic oxidation sites excluding steroid dienone is 1. The standard InChI is InChI=1S/C24H23FN5O4/c1-27-21-20(23(32)30(24(27)33)15-16-5-2-3-6-17(16)25)18(8-9-26-21)28-10-12-29(13-11-28)22(31)19-7-4-14-34-19/h2-9,14,20H,10-13,15H2,1H3/q+1. The van der Waals surface area contributed by atoms with Gasteiger partial charge in [0.05, 0.1) is 25.9 Å². The average Bonchev–Trinajstić information content (AvgIpc) is 3.41. The smallest absolute Gasteiger partial charge is 0.332 e. The monoisotopic (exact) mass is 464 g/mol. The fraction of sp³-hybridized carbons (Fsp3) is 0.292. The van der Waals surface area contributed by atoms with Crippen molar-refractivity contribution in [1.29, 1.82) is 0 Å². The predicted octanol–water partition coefficient (Wildman–Crippen LogP) is 1.96. The molecular formula is C24H23FN5O4+. The maximum absolute atomic E-state index is 14.3. The van der Waals surface area contributed by atoms with Gasteiger partial charge in [-0.05, 0) is 18.2 Å². The number of furan rings is 1. The Morgan fingerprint density at radius 1 is 1.18 bits per heavy atom. The number of amidine groups is 1. The van der Waals surface area contributed by atoms with E-state index in [9.17, 15) is 18.8 Å². The number of imide groups is 1. The van der Waals surface area contributed by atoms with E-state index in [4.69, 9.17) is 4.42 Å². The van der Waals surface area contributed by atoms with E-state index in [0.29, 0.717) is 43.5 Å². The summed E-state index contributed by atoms with van der Waals surface area (Å²) in [6.07, 6.45) is 4.80. The van der Waals surface area contributed by atoms with E-state index in [1.165, 1.54) is 17.2 Å². The first-order chi connectivity index (χ1) is 16.5. The first kappa shape index (κ1) is 21.7. The number of nitrogens with zero attached hydrogens (tertiary/aromatic N) is 5. The second-order valence-corrected chi connectivity index (χ2v) is 8.27. The number of hydrogen-bond acceptors (Lipinski definition) is 5. The predicted molar refractivity (Wildman–Crippen MR) is 120 cm³/mol. The van der Waals surface area contributed by atoms with Crippen molar-refractivity contribution >= 4 is 29.4 Å². The van der Waals surface area contributed by atoms with E-state index < -0.39 is 23.7 Å². The van der Waals surface area contributed by atoms with Gasteiger partial charge in [-0.3, -0.25) is 19.4 Å². The molecule has 1 aromatic carbocycles. The molecule has 4 amide bonds. The third-order valence-corrected chi connectivity index (χ3v) is 6.33. The molecule has 0 saturated carbocycles. The molecule has 3 aliphatic rings. The summed E-state index contributed by atoms with van der Waals surface area (Å²) in [6, 6.07) is 8.84. The minimum atomic E-state index is -0.785. The van der Waals surface area contributed by atoms with Crippen molar-refractivity contribution in [1.82, 2.24) is 14.7 Å². The van der Waals surface area contributed by atoms with Crippen LogP contribution in [0.5, 0.6) is 0 Å². The molecule has 0 aliphatic carbocycles. The lowest BCUT2D eigenvalue weighted by Gasteiger charge is -2.38. The van der Waals surface area contributed by atoms with E-state index in [1.54, 1.807) is 54.6 Å². The fourth-order valence-electron chi connectivity index (χ4n) is 4.49. The summed E-state index contributed by atoms with van der Waals surface area (Å²) in [4.78, 5) is 47.5. The summed E-state index contributed by atoms with van der Waals surface area (Å²) in [7, 11) is 1.56. The summed E-state index contributed by atoms with van der Waals surface area (Å²) < 4.78 is 21.5. The van der Waals surface area contributed by atoms with Crippen LogP contribution in [0.3, 0.4) is 0 Å². The highest BCUT2D eigenvalue weighted by atomic mass is 19.1. The molecule has 9 nitrogen and oxygen atoms in total. The van der Waals surface area contributed by atoms with Gasteiger partial charge < -0.3 is 9.32 Å². The zero-order valence-electron chi connectivity index (χ0n) is 18.6. The second-order valence-electron chi connectivity index (χ2n) is 8.27. The first-order valence-corrected chi connectivity index (χ1v) is 11.0. The minimum absolute atomic E-state index is 0.166. The van der Waals surface area contributed by atoms with Gasteiger partial charge in [0.25, 0.3) is 11.8 Å². The summed E-state index contributed by atoms with van der Waals surface area (Å²) in [5.74, 6) is -1.25. The van der Waals surface area contributed by atoms with Gasteiger partial charge in [0.15, 0.2) is 30.5 Å². The molecule has 2 saturated heterocycles. The molecule has 2 aromatic rings. The largest absolute Gasteiger partial charge is 0.459 e. The van der Waals surface area contributed by atoms with Gasteiger partial charge >= 0.3 is 6.03 Å². The number of amides is 4. The molecule has 10 heteroatoms. The van der Waals surface area contributed by atoms with Gasteiger partial charge in [0.2, 0.25) is 0 Å². The van der Waals surface area contributed by atoms with Gasteiger partial charge in [0.1, 0.15) is 11.7 Å². The Hall–Kier alpha value is -4.08. The highest BCUT2D eigenvalue weighted by Gasteiger charge is 2.49. The maximum atomic E-state index is 14.3. The Kier molecular flexibility index (Phi) is 5.56. The topological polar surface area (TPSA) is 89.4 Å². The Balaban J connectivity index is 1.40. The Morgan fingerprint density at radius 2 is 1.94 bits per heavy atom. The quantitative estimate of drug-likeness (QED) is 0.650. The molecule has 2 fully saturated rings. The molecule has 0 spiro atoms. The van der Waals surface area contributed by atoms with Crippen molar-refractivity contribution < 1.29 is 27.8 Å². The van der Waals surface area contributed by atoms with Crippen molar-refractivity contribution in [3.63, 3.8) is 0 Å². The molecule has 3 aliphatic heterocycles. The molecule has 174 valence electrons. The lowest BCUT2D eigenvalue weighted by molar-refractivity contribution is -0.538.